The monoisotopic (exact) mass is 214 g/mol. The highest BCUT2D eigenvalue weighted by atomic mass is 16.3. The van der Waals surface area contributed by atoms with Crippen LogP contribution < -0.4 is 0 Å². The Morgan fingerprint density at radius 1 is 1.06 bits per heavy atom. The molecule has 0 aliphatic rings. The molecule has 0 aliphatic heterocycles. The van der Waals surface area contributed by atoms with Gasteiger partial charge in [0.25, 0.3) is 0 Å². The molecule has 0 fully saturated rings. The molecule has 0 bridgehead atoms. The van der Waals surface area contributed by atoms with E-state index in [2.05, 4.69) is 32.0 Å². The lowest BCUT2D eigenvalue weighted by Gasteiger charge is -1.95. The number of rotatable bonds is 4. The fourth-order valence-corrected chi connectivity index (χ4v) is 1.99. The Labute approximate surface area is 97.1 Å². The van der Waals surface area contributed by atoms with E-state index >= 15 is 0 Å². The lowest BCUT2D eigenvalue weighted by atomic mass is 10.1. The highest BCUT2D eigenvalue weighted by Gasteiger charge is 2.09. The van der Waals surface area contributed by atoms with Crippen LogP contribution in [0.1, 0.15) is 31.6 Å². The summed E-state index contributed by atoms with van der Waals surface area (Å²) in [6, 6.07) is 12.5. The molecule has 1 aromatic heterocycles. The average molecular weight is 214 g/mol. The Hall–Kier alpha value is -1.50. The standard InChI is InChI=1S/C15H18O/c1-3-8-13-11-15(16-14(13)4-2)12-9-6-5-7-10-12/h5-7,9-11H,3-4,8H2,1-2H3. The van der Waals surface area contributed by atoms with Crippen molar-refractivity contribution in [2.24, 2.45) is 0 Å². The van der Waals surface area contributed by atoms with Gasteiger partial charge in [0.15, 0.2) is 0 Å². The second kappa shape index (κ2) is 5.02. The molecule has 2 aromatic rings. The summed E-state index contributed by atoms with van der Waals surface area (Å²) in [6.45, 7) is 4.35. The number of hydrogen-bond donors (Lipinski definition) is 0. The lowest BCUT2D eigenvalue weighted by molar-refractivity contribution is 0.523. The molecule has 0 amide bonds. The minimum Gasteiger partial charge on any atom is -0.461 e. The normalized spacial score (nSPS) is 10.6. The van der Waals surface area contributed by atoms with Gasteiger partial charge in [0.2, 0.25) is 0 Å². The van der Waals surface area contributed by atoms with Crippen molar-refractivity contribution in [2.75, 3.05) is 0 Å². The van der Waals surface area contributed by atoms with Crippen molar-refractivity contribution in [3.8, 4) is 11.3 Å². The molecule has 16 heavy (non-hydrogen) atoms. The quantitative estimate of drug-likeness (QED) is 0.732. The van der Waals surface area contributed by atoms with Gasteiger partial charge in [-0.05, 0) is 18.1 Å². The summed E-state index contributed by atoms with van der Waals surface area (Å²) in [6.07, 6.45) is 3.25. The first-order valence-electron chi connectivity index (χ1n) is 6.02. The minimum atomic E-state index is 0.974. The van der Waals surface area contributed by atoms with E-state index in [0.29, 0.717) is 0 Å². The smallest absolute Gasteiger partial charge is 0.134 e. The van der Waals surface area contributed by atoms with Crippen molar-refractivity contribution >= 4 is 0 Å². The van der Waals surface area contributed by atoms with Crippen LogP contribution in [0.4, 0.5) is 0 Å². The van der Waals surface area contributed by atoms with Gasteiger partial charge in [-0.1, -0.05) is 50.6 Å². The third-order valence-electron chi connectivity index (χ3n) is 2.80. The van der Waals surface area contributed by atoms with Gasteiger partial charge in [-0.25, -0.2) is 0 Å². The van der Waals surface area contributed by atoms with E-state index in [0.717, 1.165) is 24.4 Å². The lowest BCUT2D eigenvalue weighted by Crippen LogP contribution is -1.85. The Balaban J connectivity index is 2.36. The van der Waals surface area contributed by atoms with Gasteiger partial charge in [-0.2, -0.15) is 0 Å². The van der Waals surface area contributed by atoms with E-state index in [4.69, 9.17) is 4.42 Å². The van der Waals surface area contributed by atoms with Crippen LogP contribution in [0.25, 0.3) is 11.3 Å². The fraction of sp³-hybridized carbons (Fsp3) is 0.333. The highest BCUT2D eigenvalue weighted by molar-refractivity contribution is 5.58. The molecule has 1 heteroatoms. The Morgan fingerprint density at radius 2 is 1.81 bits per heavy atom. The van der Waals surface area contributed by atoms with Gasteiger partial charge in [0.1, 0.15) is 11.5 Å². The maximum atomic E-state index is 5.90. The minimum absolute atomic E-state index is 0.974. The molecule has 0 radical (unpaired) electrons. The van der Waals surface area contributed by atoms with Gasteiger partial charge in [-0.3, -0.25) is 0 Å². The van der Waals surface area contributed by atoms with E-state index in [-0.39, 0.29) is 0 Å². The summed E-state index contributed by atoms with van der Waals surface area (Å²) in [5.74, 6) is 2.14. The number of benzene rings is 1. The van der Waals surface area contributed by atoms with Gasteiger partial charge < -0.3 is 4.42 Å². The molecule has 0 N–H and O–H groups in total. The predicted octanol–water partition coefficient (Wildman–Crippen LogP) is 4.46. The van der Waals surface area contributed by atoms with Crippen molar-refractivity contribution < 1.29 is 4.42 Å². The van der Waals surface area contributed by atoms with E-state index < -0.39 is 0 Å². The van der Waals surface area contributed by atoms with Crippen LogP contribution in [0, 0.1) is 0 Å². The summed E-state index contributed by atoms with van der Waals surface area (Å²) >= 11 is 0. The van der Waals surface area contributed by atoms with Crippen molar-refractivity contribution in [2.45, 2.75) is 33.1 Å². The van der Waals surface area contributed by atoms with Crippen LogP contribution >= 0.6 is 0 Å². The largest absolute Gasteiger partial charge is 0.461 e. The van der Waals surface area contributed by atoms with Crippen LogP contribution in [0.15, 0.2) is 40.8 Å². The maximum absolute atomic E-state index is 5.90. The first kappa shape index (κ1) is 11.0. The average Bonchev–Trinajstić information content (AvgIpc) is 2.74. The third-order valence-corrected chi connectivity index (χ3v) is 2.80. The van der Waals surface area contributed by atoms with Crippen molar-refractivity contribution in [1.29, 1.82) is 0 Å². The Morgan fingerprint density at radius 3 is 2.44 bits per heavy atom. The molecule has 1 heterocycles. The first-order chi connectivity index (χ1) is 7.85. The summed E-state index contributed by atoms with van der Waals surface area (Å²) < 4.78 is 5.90. The van der Waals surface area contributed by atoms with Crippen LogP contribution in [-0.2, 0) is 12.8 Å². The zero-order valence-corrected chi connectivity index (χ0v) is 9.99. The molecule has 1 nitrogen and oxygen atoms in total. The summed E-state index contributed by atoms with van der Waals surface area (Å²) in [5, 5.41) is 0. The van der Waals surface area contributed by atoms with Crippen LogP contribution in [-0.4, -0.2) is 0 Å². The molecule has 0 atom stereocenters. The van der Waals surface area contributed by atoms with Crippen LogP contribution in [0.3, 0.4) is 0 Å². The van der Waals surface area contributed by atoms with E-state index in [9.17, 15) is 0 Å². The van der Waals surface area contributed by atoms with Gasteiger partial charge >= 0.3 is 0 Å². The predicted molar refractivity (Wildman–Crippen MR) is 67.5 cm³/mol. The second-order valence-electron chi connectivity index (χ2n) is 4.03. The molecular weight excluding hydrogens is 196 g/mol. The summed E-state index contributed by atoms with van der Waals surface area (Å²) in [5.41, 5.74) is 2.53. The van der Waals surface area contributed by atoms with Gasteiger partial charge in [0.05, 0.1) is 0 Å². The molecule has 2 rings (SSSR count). The van der Waals surface area contributed by atoms with Crippen molar-refractivity contribution in [3.05, 3.63) is 47.7 Å². The molecular formula is C15H18O. The van der Waals surface area contributed by atoms with Gasteiger partial charge in [0, 0.05) is 12.0 Å². The maximum Gasteiger partial charge on any atom is 0.134 e. The number of furan rings is 1. The number of aryl methyl sites for hydroxylation is 2. The van der Waals surface area contributed by atoms with Gasteiger partial charge in [-0.15, -0.1) is 0 Å². The second-order valence-corrected chi connectivity index (χ2v) is 4.03. The Bertz CT molecular complexity index is 440. The van der Waals surface area contributed by atoms with E-state index in [1.54, 1.807) is 0 Å². The zero-order chi connectivity index (χ0) is 11.4. The zero-order valence-electron chi connectivity index (χ0n) is 9.99. The SMILES string of the molecule is CCCc1cc(-c2ccccc2)oc1CC. The highest BCUT2D eigenvalue weighted by Crippen LogP contribution is 2.26. The van der Waals surface area contributed by atoms with E-state index in [1.165, 1.54) is 17.5 Å². The number of hydrogen-bond acceptors (Lipinski definition) is 1. The van der Waals surface area contributed by atoms with E-state index in [1.807, 2.05) is 18.2 Å². The summed E-state index contributed by atoms with van der Waals surface area (Å²) in [4.78, 5) is 0. The fourth-order valence-electron chi connectivity index (χ4n) is 1.99. The molecule has 0 aliphatic carbocycles. The summed E-state index contributed by atoms with van der Waals surface area (Å²) in [7, 11) is 0. The molecule has 1 aromatic carbocycles. The molecule has 0 spiro atoms. The third kappa shape index (κ3) is 2.19. The van der Waals surface area contributed by atoms with Crippen molar-refractivity contribution in [1.82, 2.24) is 0 Å². The first-order valence-corrected chi connectivity index (χ1v) is 6.02. The van der Waals surface area contributed by atoms with Crippen molar-refractivity contribution in [3.63, 3.8) is 0 Å². The molecule has 84 valence electrons. The van der Waals surface area contributed by atoms with Crippen LogP contribution in [0.2, 0.25) is 0 Å². The molecule has 0 saturated heterocycles. The van der Waals surface area contributed by atoms with Crippen LogP contribution in [0.5, 0.6) is 0 Å². The molecule has 0 saturated carbocycles. The Kier molecular flexibility index (Phi) is 3.45. The topological polar surface area (TPSA) is 13.1 Å². The molecule has 0 unspecified atom stereocenters.